The second-order valence-electron chi connectivity index (χ2n) is 6.44. The summed E-state index contributed by atoms with van der Waals surface area (Å²) in [7, 11) is -3.65. The largest absolute Gasteiger partial charge is 0.461 e. The van der Waals surface area contributed by atoms with Gasteiger partial charge in [-0.3, -0.25) is 9.52 Å². The summed E-state index contributed by atoms with van der Waals surface area (Å²) < 4.78 is 32.6. The smallest absolute Gasteiger partial charge is 0.310 e. The molecule has 0 unspecified atom stereocenters. The molecule has 3 rings (SSSR count). The Kier molecular flexibility index (Phi) is 6.11. The molecule has 0 aliphatic carbocycles. The van der Waals surface area contributed by atoms with E-state index in [-0.39, 0.29) is 23.9 Å². The monoisotopic (exact) mass is 395 g/mol. The molecule has 0 fully saturated rings. The van der Waals surface area contributed by atoms with Crippen LogP contribution in [0.2, 0.25) is 0 Å². The van der Waals surface area contributed by atoms with E-state index in [1.165, 1.54) is 0 Å². The number of sulfonamides is 1. The lowest BCUT2D eigenvalue weighted by Crippen LogP contribution is -2.13. The van der Waals surface area contributed by atoms with Crippen LogP contribution >= 0.6 is 0 Å². The maximum absolute atomic E-state index is 12.4. The van der Waals surface area contributed by atoms with Gasteiger partial charge in [-0.15, -0.1) is 0 Å². The first-order valence-corrected chi connectivity index (χ1v) is 10.3. The maximum atomic E-state index is 12.4. The van der Waals surface area contributed by atoms with Crippen LogP contribution in [0, 0.1) is 6.92 Å². The second kappa shape index (κ2) is 8.71. The molecular formula is C22H21NO4S. The van der Waals surface area contributed by atoms with Gasteiger partial charge < -0.3 is 4.74 Å². The van der Waals surface area contributed by atoms with Gasteiger partial charge in [-0.25, -0.2) is 8.42 Å². The molecule has 3 aromatic carbocycles. The van der Waals surface area contributed by atoms with Crippen molar-refractivity contribution in [3.05, 3.63) is 95.6 Å². The van der Waals surface area contributed by atoms with Gasteiger partial charge in [0.1, 0.15) is 6.61 Å². The number of aryl methyl sites for hydroxylation is 1. The van der Waals surface area contributed by atoms with Crippen LogP contribution in [-0.2, 0) is 32.6 Å². The molecule has 28 heavy (non-hydrogen) atoms. The zero-order valence-corrected chi connectivity index (χ0v) is 16.3. The fourth-order valence-corrected chi connectivity index (χ4v) is 3.64. The molecule has 5 nitrogen and oxygen atoms in total. The van der Waals surface area contributed by atoms with Crippen molar-refractivity contribution in [3.8, 4) is 0 Å². The van der Waals surface area contributed by atoms with E-state index in [1.807, 2.05) is 37.3 Å². The van der Waals surface area contributed by atoms with E-state index in [1.54, 1.807) is 48.5 Å². The first-order chi connectivity index (χ1) is 13.4. The third-order valence-corrected chi connectivity index (χ3v) is 5.53. The first-order valence-electron chi connectivity index (χ1n) is 8.80. The van der Waals surface area contributed by atoms with Gasteiger partial charge in [0.15, 0.2) is 0 Å². The number of carbonyl (C=O) groups is 1. The Morgan fingerprint density at radius 3 is 2.14 bits per heavy atom. The number of rotatable bonds is 7. The van der Waals surface area contributed by atoms with Gasteiger partial charge >= 0.3 is 5.97 Å². The molecule has 0 aromatic heterocycles. The predicted molar refractivity (Wildman–Crippen MR) is 108 cm³/mol. The van der Waals surface area contributed by atoms with Crippen LogP contribution in [0.3, 0.4) is 0 Å². The summed E-state index contributed by atoms with van der Waals surface area (Å²) in [4.78, 5) is 12.2. The van der Waals surface area contributed by atoms with Crippen molar-refractivity contribution >= 4 is 21.7 Å². The lowest BCUT2D eigenvalue weighted by Gasteiger charge is -2.09. The first kappa shape index (κ1) is 19.6. The van der Waals surface area contributed by atoms with Crippen molar-refractivity contribution in [1.82, 2.24) is 0 Å². The van der Waals surface area contributed by atoms with Gasteiger partial charge in [-0.05, 0) is 42.3 Å². The molecule has 0 amide bonds. The van der Waals surface area contributed by atoms with Crippen molar-refractivity contribution in [1.29, 1.82) is 0 Å². The average Bonchev–Trinajstić information content (AvgIpc) is 2.69. The Labute approximate surface area is 165 Å². The molecule has 3 aromatic rings. The molecule has 0 spiro atoms. The van der Waals surface area contributed by atoms with Crippen LogP contribution in [0.25, 0.3) is 0 Å². The number of nitrogens with one attached hydrogen (secondary N) is 1. The van der Waals surface area contributed by atoms with Crippen LogP contribution in [-0.4, -0.2) is 14.4 Å². The number of hydrogen-bond donors (Lipinski definition) is 1. The van der Waals surface area contributed by atoms with Gasteiger partial charge in [0.05, 0.1) is 11.3 Å². The Morgan fingerprint density at radius 1 is 0.857 bits per heavy atom. The molecule has 0 heterocycles. The molecule has 144 valence electrons. The molecular weight excluding hydrogens is 374 g/mol. The quantitative estimate of drug-likeness (QED) is 0.612. The summed E-state index contributed by atoms with van der Waals surface area (Å²) in [6.07, 6.45) is 0.123. The highest BCUT2D eigenvalue weighted by molar-refractivity contribution is 7.92. The van der Waals surface area contributed by atoms with E-state index < -0.39 is 10.0 Å². The van der Waals surface area contributed by atoms with Crippen molar-refractivity contribution in [2.45, 2.75) is 24.8 Å². The summed E-state index contributed by atoms with van der Waals surface area (Å²) in [6.45, 7) is 2.13. The molecule has 0 bridgehead atoms. The van der Waals surface area contributed by atoms with E-state index in [4.69, 9.17) is 4.74 Å². The van der Waals surface area contributed by atoms with Gasteiger partial charge in [0.2, 0.25) is 0 Å². The maximum Gasteiger partial charge on any atom is 0.310 e. The Balaban J connectivity index is 1.57. The van der Waals surface area contributed by atoms with E-state index in [9.17, 15) is 13.2 Å². The van der Waals surface area contributed by atoms with Crippen LogP contribution < -0.4 is 4.72 Å². The summed E-state index contributed by atoms with van der Waals surface area (Å²) in [5, 5.41) is 0. The summed E-state index contributed by atoms with van der Waals surface area (Å²) >= 11 is 0. The number of benzene rings is 3. The third kappa shape index (κ3) is 5.44. The summed E-state index contributed by atoms with van der Waals surface area (Å²) in [5.74, 6) is -0.336. The lowest BCUT2D eigenvalue weighted by molar-refractivity contribution is -0.144. The van der Waals surface area contributed by atoms with Crippen LogP contribution in [0.1, 0.15) is 16.7 Å². The minimum atomic E-state index is -3.65. The zero-order valence-electron chi connectivity index (χ0n) is 15.5. The topological polar surface area (TPSA) is 72.5 Å². The van der Waals surface area contributed by atoms with Crippen molar-refractivity contribution in [3.63, 3.8) is 0 Å². The third-order valence-electron chi connectivity index (χ3n) is 4.13. The molecule has 0 radical (unpaired) electrons. The van der Waals surface area contributed by atoms with Crippen molar-refractivity contribution in [2.24, 2.45) is 0 Å². The SMILES string of the molecule is Cc1ccc(S(=O)(=O)Nc2ccc(CC(=O)OCc3ccccc3)cc2)cc1. The number of carbonyl (C=O) groups excluding carboxylic acids is 1. The number of esters is 1. The second-order valence-corrected chi connectivity index (χ2v) is 8.12. The minimum Gasteiger partial charge on any atom is -0.461 e. The highest BCUT2D eigenvalue weighted by Gasteiger charge is 2.14. The van der Waals surface area contributed by atoms with Gasteiger partial charge in [-0.1, -0.05) is 60.2 Å². The Hall–Kier alpha value is -3.12. The van der Waals surface area contributed by atoms with Crippen LogP contribution in [0.15, 0.2) is 83.8 Å². The highest BCUT2D eigenvalue weighted by Crippen LogP contribution is 2.17. The van der Waals surface area contributed by atoms with Crippen molar-refractivity contribution in [2.75, 3.05) is 4.72 Å². The minimum absolute atomic E-state index is 0.123. The highest BCUT2D eigenvalue weighted by atomic mass is 32.2. The zero-order chi connectivity index (χ0) is 20.0. The molecule has 0 aliphatic heterocycles. The Bertz CT molecular complexity index is 1030. The summed E-state index contributed by atoms with van der Waals surface area (Å²) in [6, 6.07) is 22.8. The number of anilines is 1. The normalized spacial score (nSPS) is 11.0. The fourth-order valence-electron chi connectivity index (χ4n) is 2.58. The van der Waals surface area contributed by atoms with Gasteiger partial charge in [-0.2, -0.15) is 0 Å². The van der Waals surface area contributed by atoms with E-state index in [0.29, 0.717) is 5.69 Å². The molecule has 0 atom stereocenters. The van der Waals surface area contributed by atoms with Crippen LogP contribution in [0.4, 0.5) is 5.69 Å². The van der Waals surface area contributed by atoms with Crippen molar-refractivity contribution < 1.29 is 17.9 Å². The number of ether oxygens (including phenoxy) is 1. The molecule has 6 heteroatoms. The van der Waals surface area contributed by atoms with E-state index >= 15 is 0 Å². The standard InChI is InChI=1S/C22H21NO4S/c1-17-7-13-21(14-8-17)28(25,26)23-20-11-9-18(10-12-20)15-22(24)27-16-19-5-3-2-4-6-19/h2-14,23H,15-16H2,1H3. The number of hydrogen-bond acceptors (Lipinski definition) is 4. The average molecular weight is 395 g/mol. The molecule has 0 saturated heterocycles. The molecule has 0 saturated carbocycles. The Morgan fingerprint density at radius 2 is 1.50 bits per heavy atom. The molecule has 0 aliphatic rings. The van der Waals surface area contributed by atoms with Gasteiger partial charge in [0.25, 0.3) is 10.0 Å². The lowest BCUT2D eigenvalue weighted by atomic mass is 10.1. The summed E-state index contributed by atoms with van der Waals surface area (Å²) in [5.41, 5.74) is 3.09. The van der Waals surface area contributed by atoms with Crippen LogP contribution in [0.5, 0.6) is 0 Å². The fraction of sp³-hybridized carbons (Fsp3) is 0.136. The van der Waals surface area contributed by atoms with E-state index in [2.05, 4.69) is 4.72 Å². The predicted octanol–water partition coefficient (Wildman–Crippen LogP) is 4.08. The molecule has 1 N–H and O–H groups in total. The van der Waals surface area contributed by atoms with E-state index in [0.717, 1.165) is 16.7 Å². The van der Waals surface area contributed by atoms with Gasteiger partial charge in [0, 0.05) is 5.69 Å².